The molecule has 0 unspecified atom stereocenters. The monoisotopic (exact) mass is 650 g/mol. The fourth-order valence-electron chi connectivity index (χ4n) is 4.88. The van der Waals surface area contributed by atoms with Gasteiger partial charge in [0.25, 0.3) is 5.56 Å². The molecule has 0 saturated carbocycles. The SMILES string of the molecule is CCCOc1c(OC)cccc1[C@@H]1C(C(=O)OCC)=C(C)N=c2s/c(=C/c3ccc(-c4ccc(C)cc4Br)o3)c(=O)n21. The maximum absolute atomic E-state index is 14.1. The Morgan fingerprint density at radius 2 is 1.98 bits per heavy atom. The lowest BCUT2D eigenvalue weighted by Gasteiger charge is -2.27. The Bertz CT molecular complexity index is 1870. The second-order valence-corrected chi connectivity index (χ2v) is 11.6. The van der Waals surface area contributed by atoms with Crippen molar-refractivity contribution in [1.82, 2.24) is 4.57 Å². The third-order valence-corrected chi connectivity index (χ3v) is 8.42. The van der Waals surface area contributed by atoms with Crippen LogP contribution in [0.5, 0.6) is 11.5 Å². The number of halogens is 1. The Morgan fingerprint density at radius 1 is 1.17 bits per heavy atom. The number of thiazole rings is 1. The number of esters is 1. The molecule has 0 bridgehead atoms. The van der Waals surface area contributed by atoms with Crippen LogP contribution in [0, 0.1) is 6.92 Å². The molecular formula is C32H31BrN2O6S. The number of methoxy groups -OCH3 is 1. The maximum Gasteiger partial charge on any atom is 0.338 e. The molecule has 0 aliphatic carbocycles. The van der Waals surface area contributed by atoms with E-state index in [9.17, 15) is 9.59 Å². The van der Waals surface area contributed by atoms with Gasteiger partial charge < -0.3 is 18.6 Å². The highest BCUT2D eigenvalue weighted by atomic mass is 79.9. The van der Waals surface area contributed by atoms with Gasteiger partial charge in [-0.2, -0.15) is 0 Å². The van der Waals surface area contributed by atoms with Crippen molar-refractivity contribution in [2.45, 2.75) is 40.2 Å². The predicted octanol–water partition coefficient (Wildman–Crippen LogP) is 5.93. The van der Waals surface area contributed by atoms with Crippen molar-refractivity contribution in [1.29, 1.82) is 0 Å². The first-order valence-corrected chi connectivity index (χ1v) is 15.2. The summed E-state index contributed by atoms with van der Waals surface area (Å²) in [7, 11) is 1.56. The number of aryl methyl sites for hydroxylation is 1. The lowest BCUT2D eigenvalue weighted by molar-refractivity contribution is -0.139. The molecule has 0 N–H and O–H groups in total. The van der Waals surface area contributed by atoms with Crippen LogP contribution in [0.2, 0.25) is 0 Å². The fraction of sp³-hybridized carbons (Fsp3) is 0.281. The maximum atomic E-state index is 14.1. The lowest BCUT2D eigenvalue weighted by Crippen LogP contribution is -2.40. The van der Waals surface area contributed by atoms with Crippen LogP contribution in [0.1, 0.15) is 50.1 Å². The molecule has 4 aromatic rings. The van der Waals surface area contributed by atoms with Gasteiger partial charge in [0.2, 0.25) is 0 Å². The highest BCUT2D eigenvalue weighted by molar-refractivity contribution is 9.10. The number of aromatic nitrogens is 1. The van der Waals surface area contributed by atoms with Crippen molar-refractivity contribution in [3.63, 3.8) is 0 Å². The Balaban J connectivity index is 1.68. The molecule has 1 aliphatic rings. The van der Waals surface area contributed by atoms with Gasteiger partial charge in [0.1, 0.15) is 17.6 Å². The van der Waals surface area contributed by atoms with Crippen LogP contribution < -0.4 is 24.4 Å². The number of carbonyl (C=O) groups is 1. The standard InChI is InChI=1S/C32H31BrN2O6S/c1-6-15-40-29-22(9-8-10-25(29)38-5)28-27(31(37)39-7-2)19(4)34-32-35(28)30(36)26(42-32)17-20-12-14-24(41-20)21-13-11-18(3)16-23(21)33/h8-14,16-17,28H,6-7,15H2,1-5H3/b26-17+/t28-/m1/s1. The van der Waals surface area contributed by atoms with Gasteiger partial charge in [-0.15, -0.1) is 0 Å². The van der Waals surface area contributed by atoms with E-state index >= 15 is 0 Å². The summed E-state index contributed by atoms with van der Waals surface area (Å²) in [5.41, 5.74) is 3.09. The van der Waals surface area contributed by atoms with E-state index in [0.717, 1.165) is 22.0 Å². The molecule has 1 aliphatic heterocycles. The van der Waals surface area contributed by atoms with Gasteiger partial charge >= 0.3 is 5.97 Å². The summed E-state index contributed by atoms with van der Waals surface area (Å²) in [6, 6.07) is 14.3. The Labute approximate surface area is 255 Å². The number of carbonyl (C=O) groups excluding carboxylic acids is 1. The normalized spacial score (nSPS) is 14.9. The van der Waals surface area contributed by atoms with Crippen LogP contribution in [0.25, 0.3) is 17.4 Å². The molecule has 0 amide bonds. The molecule has 0 fully saturated rings. The molecule has 3 heterocycles. The van der Waals surface area contributed by atoms with E-state index in [1.165, 1.54) is 15.9 Å². The highest BCUT2D eigenvalue weighted by Crippen LogP contribution is 2.41. The summed E-state index contributed by atoms with van der Waals surface area (Å²) in [6.45, 7) is 8.14. The first kappa shape index (κ1) is 29.6. The summed E-state index contributed by atoms with van der Waals surface area (Å²) >= 11 is 4.84. The van der Waals surface area contributed by atoms with Crippen molar-refractivity contribution in [3.05, 3.63) is 101 Å². The van der Waals surface area contributed by atoms with Gasteiger partial charge in [-0.3, -0.25) is 9.36 Å². The molecule has 2 aromatic carbocycles. The largest absolute Gasteiger partial charge is 0.493 e. The minimum atomic E-state index is -0.833. The smallest absolute Gasteiger partial charge is 0.338 e. The number of benzene rings is 2. The molecule has 2 aromatic heterocycles. The van der Waals surface area contributed by atoms with E-state index in [2.05, 4.69) is 20.9 Å². The molecule has 0 saturated heterocycles. The van der Waals surface area contributed by atoms with Gasteiger partial charge in [0, 0.05) is 21.7 Å². The molecule has 0 spiro atoms. The minimum Gasteiger partial charge on any atom is -0.493 e. The van der Waals surface area contributed by atoms with Crippen molar-refractivity contribution < 1.29 is 23.4 Å². The molecule has 0 radical (unpaired) electrons. The van der Waals surface area contributed by atoms with Crippen LogP contribution >= 0.6 is 27.3 Å². The summed E-state index contributed by atoms with van der Waals surface area (Å²) in [5, 5.41) is 0. The minimum absolute atomic E-state index is 0.183. The van der Waals surface area contributed by atoms with Gasteiger partial charge in [-0.25, -0.2) is 9.79 Å². The van der Waals surface area contributed by atoms with Gasteiger partial charge in [-0.1, -0.05) is 52.4 Å². The third-order valence-electron chi connectivity index (χ3n) is 6.78. The number of nitrogens with zero attached hydrogens (tertiary/aromatic N) is 2. The molecule has 8 nitrogen and oxygen atoms in total. The van der Waals surface area contributed by atoms with E-state index in [0.29, 0.717) is 50.2 Å². The summed E-state index contributed by atoms with van der Waals surface area (Å²) in [4.78, 5) is 32.5. The molecule has 1 atom stereocenters. The van der Waals surface area contributed by atoms with E-state index in [-0.39, 0.29) is 17.7 Å². The summed E-state index contributed by atoms with van der Waals surface area (Å²) < 4.78 is 26.2. The zero-order chi connectivity index (χ0) is 30.0. The molecule has 5 rings (SSSR count). The van der Waals surface area contributed by atoms with Crippen molar-refractivity contribution in [2.75, 3.05) is 20.3 Å². The van der Waals surface area contributed by atoms with E-state index in [1.54, 1.807) is 33.1 Å². The van der Waals surface area contributed by atoms with Gasteiger partial charge in [0.15, 0.2) is 16.3 Å². The number of fused-ring (bicyclic) bond motifs is 1. The Hall–Kier alpha value is -3.89. The summed E-state index contributed by atoms with van der Waals surface area (Å²) in [5.74, 6) is 1.63. The third kappa shape index (κ3) is 5.61. The second kappa shape index (κ2) is 12.5. The number of furan rings is 1. The van der Waals surface area contributed by atoms with Crippen molar-refractivity contribution in [2.24, 2.45) is 4.99 Å². The summed E-state index contributed by atoms with van der Waals surface area (Å²) in [6.07, 6.45) is 2.47. The quantitative estimate of drug-likeness (QED) is 0.209. The zero-order valence-electron chi connectivity index (χ0n) is 24.0. The number of ether oxygens (including phenoxy) is 3. The topological polar surface area (TPSA) is 92.3 Å². The number of hydrogen-bond acceptors (Lipinski definition) is 8. The average Bonchev–Trinajstić information content (AvgIpc) is 3.55. The van der Waals surface area contributed by atoms with Crippen LogP contribution in [0.3, 0.4) is 0 Å². The van der Waals surface area contributed by atoms with Crippen LogP contribution in [-0.2, 0) is 9.53 Å². The number of rotatable bonds is 9. The average molecular weight is 652 g/mol. The van der Waals surface area contributed by atoms with Crippen LogP contribution in [0.4, 0.5) is 0 Å². The zero-order valence-corrected chi connectivity index (χ0v) is 26.4. The second-order valence-electron chi connectivity index (χ2n) is 9.71. The van der Waals surface area contributed by atoms with Crippen LogP contribution in [-0.4, -0.2) is 30.9 Å². The van der Waals surface area contributed by atoms with Gasteiger partial charge in [0.05, 0.1) is 36.1 Å². The van der Waals surface area contributed by atoms with Gasteiger partial charge in [-0.05, 0) is 63.1 Å². The number of allylic oxidation sites excluding steroid dienone is 1. The number of para-hydroxylation sites is 1. The molecule has 218 valence electrons. The fourth-order valence-corrected chi connectivity index (χ4v) is 6.59. The Kier molecular flexibility index (Phi) is 8.84. The van der Waals surface area contributed by atoms with Crippen LogP contribution in [0.15, 0.2) is 78.5 Å². The molecule has 42 heavy (non-hydrogen) atoms. The first-order chi connectivity index (χ1) is 20.3. The van der Waals surface area contributed by atoms with Crippen molar-refractivity contribution >= 4 is 39.3 Å². The molecule has 10 heteroatoms. The molecular weight excluding hydrogens is 620 g/mol. The first-order valence-electron chi connectivity index (χ1n) is 13.6. The lowest BCUT2D eigenvalue weighted by atomic mass is 9.94. The predicted molar refractivity (Wildman–Crippen MR) is 166 cm³/mol. The van der Waals surface area contributed by atoms with E-state index in [4.69, 9.17) is 18.6 Å². The van der Waals surface area contributed by atoms with Crippen molar-refractivity contribution in [3.8, 4) is 22.8 Å². The van der Waals surface area contributed by atoms with E-state index in [1.807, 2.05) is 56.3 Å². The number of hydrogen-bond donors (Lipinski definition) is 0. The van der Waals surface area contributed by atoms with E-state index < -0.39 is 12.0 Å². The highest BCUT2D eigenvalue weighted by Gasteiger charge is 2.36. The Morgan fingerprint density at radius 3 is 2.69 bits per heavy atom.